The predicted molar refractivity (Wildman–Crippen MR) is 78.6 cm³/mol. The molecule has 0 bridgehead atoms. The van der Waals surface area contributed by atoms with Crippen LogP contribution in [0.4, 0.5) is 0 Å². The van der Waals surface area contributed by atoms with Crippen molar-refractivity contribution in [3.8, 4) is 0 Å². The summed E-state index contributed by atoms with van der Waals surface area (Å²) in [6.45, 7) is 7.61. The molecule has 0 radical (unpaired) electrons. The minimum Gasteiger partial charge on any atom is -0.478 e. The minimum absolute atomic E-state index is 0.0574. The molecule has 20 heavy (non-hydrogen) atoms. The Kier molecular flexibility index (Phi) is 3.20. The number of aryl methyl sites for hydroxylation is 1. The average molecular weight is 273 g/mol. The Balaban J connectivity index is 2.97. The minimum atomic E-state index is -0.976. The maximum absolute atomic E-state index is 11.8. The SMILES string of the molecule is CC(=O)c1cn(C)c2c(C(C)(C)C)cc(C(=O)O)cc12. The van der Waals surface area contributed by atoms with Gasteiger partial charge in [-0.2, -0.15) is 0 Å². The van der Waals surface area contributed by atoms with Crippen molar-refractivity contribution in [1.29, 1.82) is 0 Å². The first kappa shape index (κ1) is 14.3. The van der Waals surface area contributed by atoms with Crippen LogP contribution in [0, 0.1) is 0 Å². The number of ketones is 1. The molecule has 0 saturated heterocycles. The first-order valence-corrected chi connectivity index (χ1v) is 6.50. The first-order valence-electron chi connectivity index (χ1n) is 6.50. The van der Waals surface area contributed by atoms with Crippen molar-refractivity contribution in [3.05, 3.63) is 35.0 Å². The number of hydrogen-bond donors (Lipinski definition) is 1. The maximum atomic E-state index is 11.8. The third kappa shape index (κ3) is 2.22. The Hall–Kier alpha value is -2.10. The van der Waals surface area contributed by atoms with Gasteiger partial charge >= 0.3 is 5.97 Å². The number of Topliss-reactive ketones (excluding diaryl/α,β-unsaturated/α-hetero) is 1. The highest BCUT2D eigenvalue weighted by Gasteiger charge is 2.23. The van der Waals surface area contributed by atoms with E-state index in [1.54, 1.807) is 18.3 Å². The normalized spacial score (nSPS) is 11.8. The van der Waals surface area contributed by atoms with E-state index in [1.807, 2.05) is 32.4 Å². The van der Waals surface area contributed by atoms with Crippen molar-refractivity contribution < 1.29 is 14.7 Å². The van der Waals surface area contributed by atoms with Crippen molar-refractivity contribution in [1.82, 2.24) is 4.57 Å². The van der Waals surface area contributed by atoms with Crippen LogP contribution in [0.5, 0.6) is 0 Å². The zero-order valence-corrected chi connectivity index (χ0v) is 12.4. The van der Waals surface area contributed by atoms with Crippen LogP contribution >= 0.6 is 0 Å². The summed E-state index contributed by atoms with van der Waals surface area (Å²) in [6, 6.07) is 3.29. The molecule has 1 aromatic heterocycles. The molecule has 4 heteroatoms. The monoisotopic (exact) mass is 273 g/mol. The van der Waals surface area contributed by atoms with Crippen molar-refractivity contribution in [2.75, 3.05) is 0 Å². The molecule has 4 nitrogen and oxygen atoms in total. The third-order valence-corrected chi connectivity index (χ3v) is 3.51. The lowest BCUT2D eigenvalue weighted by molar-refractivity contribution is 0.0696. The number of carbonyl (C=O) groups excluding carboxylic acids is 1. The summed E-state index contributed by atoms with van der Waals surface area (Å²) in [7, 11) is 1.88. The van der Waals surface area contributed by atoms with Crippen LogP contribution in [0.1, 0.15) is 54.0 Å². The van der Waals surface area contributed by atoms with Gasteiger partial charge in [0.2, 0.25) is 0 Å². The number of hydrogen-bond acceptors (Lipinski definition) is 2. The van der Waals surface area contributed by atoms with Gasteiger partial charge in [-0.1, -0.05) is 20.8 Å². The summed E-state index contributed by atoms with van der Waals surface area (Å²) < 4.78 is 1.90. The van der Waals surface area contributed by atoms with Gasteiger partial charge in [-0.15, -0.1) is 0 Å². The lowest BCUT2D eigenvalue weighted by atomic mass is 9.84. The van der Waals surface area contributed by atoms with E-state index in [0.29, 0.717) is 10.9 Å². The molecular weight excluding hydrogens is 254 g/mol. The van der Waals surface area contributed by atoms with Gasteiger partial charge in [0.15, 0.2) is 5.78 Å². The molecule has 0 aliphatic heterocycles. The Labute approximate surface area is 118 Å². The van der Waals surface area contributed by atoms with Crippen LogP contribution in [-0.4, -0.2) is 21.4 Å². The van der Waals surface area contributed by atoms with E-state index in [-0.39, 0.29) is 16.8 Å². The molecule has 0 saturated carbocycles. The number of aromatic carboxylic acids is 1. The molecule has 0 fully saturated rings. The zero-order chi connectivity index (χ0) is 15.2. The largest absolute Gasteiger partial charge is 0.478 e. The van der Waals surface area contributed by atoms with Gasteiger partial charge in [-0.3, -0.25) is 4.79 Å². The quantitative estimate of drug-likeness (QED) is 0.853. The van der Waals surface area contributed by atoms with Gasteiger partial charge < -0.3 is 9.67 Å². The smallest absolute Gasteiger partial charge is 0.335 e. The highest BCUT2D eigenvalue weighted by molar-refractivity contribution is 6.09. The lowest BCUT2D eigenvalue weighted by Crippen LogP contribution is -2.14. The summed E-state index contributed by atoms with van der Waals surface area (Å²) in [5.74, 6) is -1.03. The van der Waals surface area contributed by atoms with Gasteiger partial charge in [0.1, 0.15) is 0 Å². The van der Waals surface area contributed by atoms with Gasteiger partial charge in [0.05, 0.1) is 11.1 Å². The number of fused-ring (bicyclic) bond motifs is 1. The second-order valence-electron chi connectivity index (χ2n) is 6.18. The van der Waals surface area contributed by atoms with Crippen molar-refractivity contribution >= 4 is 22.7 Å². The van der Waals surface area contributed by atoms with E-state index < -0.39 is 5.97 Å². The number of aromatic nitrogens is 1. The van der Waals surface area contributed by atoms with E-state index in [0.717, 1.165) is 11.1 Å². The molecule has 0 spiro atoms. The van der Waals surface area contributed by atoms with Crippen LogP contribution in [0.15, 0.2) is 18.3 Å². The zero-order valence-electron chi connectivity index (χ0n) is 12.4. The van der Waals surface area contributed by atoms with E-state index in [9.17, 15) is 14.7 Å². The number of carboxylic acids is 1. The molecular formula is C16H19NO3. The van der Waals surface area contributed by atoms with E-state index in [2.05, 4.69) is 0 Å². The molecule has 106 valence electrons. The summed E-state index contributed by atoms with van der Waals surface area (Å²) in [5.41, 5.74) is 2.44. The third-order valence-electron chi connectivity index (χ3n) is 3.51. The number of nitrogens with zero attached hydrogens (tertiary/aromatic N) is 1. The van der Waals surface area contributed by atoms with Gasteiger partial charge in [-0.25, -0.2) is 4.79 Å². The highest BCUT2D eigenvalue weighted by atomic mass is 16.4. The van der Waals surface area contributed by atoms with Crippen LogP contribution in [0.3, 0.4) is 0 Å². The Morgan fingerprint density at radius 2 is 1.80 bits per heavy atom. The standard InChI is InChI=1S/C16H19NO3/c1-9(18)12-8-17(5)14-11(12)6-10(15(19)20)7-13(14)16(2,3)4/h6-8H,1-5H3,(H,19,20). The van der Waals surface area contributed by atoms with Crippen molar-refractivity contribution in [2.45, 2.75) is 33.1 Å². The maximum Gasteiger partial charge on any atom is 0.335 e. The summed E-state index contributed by atoms with van der Waals surface area (Å²) in [4.78, 5) is 23.1. The average Bonchev–Trinajstić information content (AvgIpc) is 2.64. The van der Waals surface area contributed by atoms with Crippen molar-refractivity contribution in [3.63, 3.8) is 0 Å². The molecule has 1 heterocycles. The second-order valence-corrected chi connectivity index (χ2v) is 6.18. The van der Waals surface area contributed by atoms with Crippen LogP contribution in [0.25, 0.3) is 10.9 Å². The van der Waals surface area contributed by atoms with Crippen LogP contribution in [0.2, 0.25) is 0 Å². The molecule has 0 amide bonds. The van der Waals surface area contributed by atoms with Crippen LogP contribution in [-0.2, 0) is 12.5 Å². The Morgan fingerprint density at radius 3 is 2.25 bits per heavy atom. The molecule has 0 aliphatic rings. The molecule has 0 aliphatic carbocycles. The summed E-state index contributed by atoms with van der Waals surface area (Å²) in [6.07, 6.45) is 1.77. The van der Waals surface area contributed by atoms with Crippen molar-refractivity contribution in [2.24, 2.45) is 7.05 Å². The fourth-order valence-corrected chi connectivity index (χ4v) is 2.52. The number of carboxylic acid groups (broad SMARTS) is 1. The van der Waals surface area contributed by atoms with Gasteiger partial charge in [0.25, 0.3) is 0 Å². The fraction of sp³-hybridized carbons (Fsp3) is 0.375. The Bertz CT molecular complexity index is 717. The van der Waals surface area contributed by atoms with E-state index in [4.69, 9.17) is 0 Å². The number of rotatable bonds is 2. The van der Waals surface area contributed by atoms with Crippen LogP contribution < -0.4 is 0 Å². The summed E-state index contributed by atoms with van der Waals surface area (Å²) in [5, 5.41) is 9.99. The Morgan fingerprint density at radius 1 is 1.20 bits per heavy atom. The van der Waals surface area contributed by atoms with E-state index in [1.165, 1.54) is 6.92 Å². The molecule has 0 unspecified atom stereocenters. The molecule has 2 aromatic rings. The second kappa shape index (κ2) is 4.47. The van der Waals surface area contributed by atoms with Gasteiger partial charge in [-0.05, 0) is 30.0 Å². The number of benzene rings is 1. The molecule has 2 rings (SSSR count). The lowest BCUT2D eigenvalue weighted by Gasteiger charge is -2.22. The van der Waals surface area contributed by atoms with Gasteiger partial charge in [0, 0.05) is 24.2 Å². The summed E-state index contributed by atoms with van der Waals surface area (Å²) >= 11 is 0. The highest BCUT2D eigenvalue weighted by Crippen LogP contribution is 2.33. The molecule has 1 N–H and O–H groups in total. The molecule has 0 atom stereocenters. The number of carbonyl (C=O) groups is 2. The van der Waals surface area contributed by atoms with E-state index >= 15 is 0 Å². The predicted octanol–water partition coefficient (Wildman–Crippen LogP) is 3.38. The fourth-order valence-electron chi connectivity index (χ4n) is 2.52. The first-order chi connectivity index (χ1) is 9.12. The molecule has 1 aromatic carbocycles. The topological polar surface area (TPSA) is 59.3 Å².